The summed E-state index contributed by atoms with van der Waals surface area (Å²) in [5.74, 6) is -0.149. The molecule has 0 aliphatic carbocycles. The van der Waals surface area contributed by atoms with Gasteiger partial charge in [0, 0.05) is 36.4 Å². The molecule has 0 bridgehead atoms. The van der Waals surface area contributed by atoms with Crippen LogP contribution in [0, 0.1) is 0 Å². The first-order valence-corrected chi connectivity index (χ1v) is 10.0. The Balaban J connectivity index is 2.00. The molecular weight excluding hydrogens is 350 g/mol. The van der Waals surface area contributed by atoms with Gasteiger partial charge in [-0.25, -0.2) is 0 Å². The molecule has 0 aliphatic rings. The first kappa shape index (κ1) is 21.6. The van der Waals surface area contributed by atoms with E-state index < -0.39 is 0 Å². The van der Waals surface area contributed by atoms with Crippen molar-refractivity contribution < 1.29 is 9.59 Å². The Kier molecular flexibility index (Phi) is 8.20. The average molecular weight is 382 g/mol. The van der Waals surface area contributed by atoms with Crippen molar-refractivity contribution in [2.45, 2.75) is 34.2 Å². The average Bonchev–Trinajstić information content (AvgIpc) is 2.73. The number of nitrogens with zero attached hydrogens (tertiary/aromatic N) is 2. The quantitative estimate of drug-likeness (QED) is 0.706. The minimum Gasteiger partial charge on any atom is -0.339 e. The predicted molar refractivity (Wildman–Crippen MR) is 115 cm³/mol. The second-order valence-corrected chi connectivity index (χ2v) is 6.67. The zero-order chi connectivity index (χ0) is 20.5. The molecular formula is C23H31N3O2. The van der Waals surface area contributed by atoms with Crippen LogP contribution in [0.5, 0.6) is 0 Å². The Bertz CT molecular complexity index is 761. The Morgan fingerprint density at radius 3 is 1.79 bits per heavy atom. The van der Waals surface area contributed by atoms with E-state index in [-0.39, 0.29) is 11.8 Å². The molecule has 5 heteroatoms. The van der Waals surface area contributed by atoms with E-state index in [2.05, 4.69) is 24.1 Å². The number of carbonyl (C=O) groups excluding carboxylic acids is 2. The first-order valence-electron chi connectivity index (χ1n) is 10.0. The summed E-state index contributed by atoms with van der Waals surface area (Å²) in [6.07, 6.45) is 0. The van der Waals surface area contributed by atoms with Crippen LogP contribution >= 0.6 is 0 Å². The predicted octanol–water partition coefficient (Wildman–Crippen LogP) is 4.26. The van der Waals surface area contributed by atoms with Gasteiger partial charge < -0.3 is 10.2 Å². The van der Waals surface area contributed by atoms with Gasteiger partial charge in [-0.15, -0.1) is 0 Å². The lowest BCUT2D eigenvalue weighted by Crippen LogP contribution is -2.30. The molecule has 0 saturated heterocycles. The fourth-order valence-corrected chi connectivity index (χ4v) is 3.06. The molecule has 5 nitrogen and oxygen atoms in total. The van der Waals surface area contributed by atoms with Crippen molar-refractivity contribution in [1.82, 2.24) is 9.80 Å². The van der Waals surface area contributed by atoms with E-state index in [1.807, 2.05) is 38.1 Å². The van der Waals surface area contributed by atoms with Gasteiger partial charge in [0.05, 0.1) is 0 Å². The summed E-state index contributed by atoms with van der Waals surface area (Å²) >= 11 is 0. The van der Waals surface area contributed by atoms with Crippen molar-refractivity contribution in [3.63, 3.8) is 0 Å². The molecule has 0 saturated carbocycles. The maximum absolute atomic E-state index is 12.5. The lowest BCUT2D eigenvalue weighted by atomic mass is 10.1. The topological polar surface area (TPSA) is 52.7 Å². The number of hydrogen-bond donors (Lipinski definition) is 1. The molecule has 1 N–H and O–H groups in total. The second-order valence-electron chi connectivity index (χ2n) is 6.67. The smallest absolute Gasteiger partial charge is 0.255 e. The van der Waals surface area contributed by atoms with Gasteiger partial charge in [0.15, 0.2) is 0 Å². The molecule has 0 fully saturated rings. The van der Waals surface area contributed by atoms with Gasteiger partial charge in [-0.3, -0.25) is 14.5 Å². The van der Waals surface area contributed by atoms with Gasteiger partial charge in [0.1, 0.15) is 0 Å². The van der Waals surface area contributed by atoms with Crippen molar-refractivity contribution in [2.75, 3.05) is 31.5 Å². The van der Waals surface area contributed by atoms with Crippen LogP contribution in [-0.2, 0) is 6.54 Å². The van der Waals surface area contributed by atoms with Gasteiger partial charge >= 0.3 is 0 Å². The van der Waals surface area contributed by atoms with Crippen LogP contribution in [0.2, 0.25) is 0 Å². The van der Waals surface area contributed by atoms with Crippen LogP contribution in [0.1, 0.15) is 54.0 Å². The summed E-state index contributed by atoms with van der Waals surface area (Å²) in [7, 11) is 0. The second kappa shape index (κ2) is 10.6. The van der Waals surface area contributed by atoms with Crippen LogP contribution in [0.4, 0.5) is 5.69 Å². The molecule has 0 aromatic heterocycles. The van der Waals surface area contributed by atoms with Crippen LogP contribution in [0.25, 0.3) is 0 Å². The Labute approximate surface area is 168 Å². The van der Waals surface area contributed by atoms with E-state index in [0.29, 0.717) is 29.9 Å². The number of anilines is 1. The number of hydrogen-bond acceptors (Lipinski definition) is 3. The number of rotatable bonds is 9. The van der Waals surface area contributed by atoms with E-state index in [0.717, 1.165) is 19.6 Å². The Morgan fingerprint density at radius 2 is 1.29 bits per heavy atom. The largest absolute Gasteiger partial charge is 0.339 e. The van der Waals surface area contributed by atoms with Gasteiger partial charge in [-0.2, -0.15) is 0 Å². The van der Waals surface area contributed by atoms with Crippen LogP contribution in [0.15, 0.2) is 48.5 Å². The molecule has 0 atom stereocenters. The molecule has 2 aromatic rings. The fourth-order valence-electron chi connectivity index (χ4n) is 3.06. The third-order valence-electron chi connectivity index (χ3n) is 4.96. The van der Waals surface area contributed by atoms with Crippen molar-refractivity contribution in [1.29, 1.82) is 0 Å². The van der Waals surface area contributed by atoms with E-state index in [1.54, 1.807) is 29.2 Å². The monoisotopic (exact) mass is 381 g/mol. The van der Waals surface area contributed by atoms with E-state index >= 15 is 0 Å². The molecule has 0 heterocycles. The molecule has 0 spiro atoms. The van der Waals surface area contributed by atoms with Crippen molar-refractivity contribution in [3.05, 3.63) is 65.2 Å². The third kappa shape index (κ3) is 5.67. The SMILES string of the molecule is CCN(CC)Cc1ccc(C(=O)Nc2ccc(C(=O)N(CC)CC)cc2)cc1. The molecule has 28 heavy (non-hydrogen) atoms. The van der Waals surface area contributed by atoms with Crippen LogP contribution in [0.3, 0.4) is 0 Å². The summed E-state index contributed by atoms with van der Waals surface area (Å²) < 4.78 is 0. The first-order chi connectivity index (χ1) is 13.5. The minimum absolute atomic E-state index is 0.00617. The normalized spacial score (nSPS) is 10.8. The number of benzene rings is 2. The van der Waals surface area contributed by atoms with Gasteiger partial charge in [-0.1, -0.05) is 26.0 Å². The zero-order valence-electron chi connectivity index (χ0n) is 17.4. The highest BCUT2D eigenvalue weighted by molar-refractivity contribution is 6.04. The fraction of sp³-hybridized carbons (Fsp3) is 0.391. The highest BCUT2D eigenvalue weighted by atomic mass is 16.2. The maximum Gasteiger partial charge on any atom is 0.255 e. The molecule has 0 unspecified atom stereocenters. The molecule has 2 rings (SSSR count). The van der Waals surface area contributed by atoms with Gasteiger partial charge in [-0.05, 0) is 68.9 Å². The van der Waals surface area contributed by atoms with Crippen molar-refractivity contribution >= 4 is 17.5 Å². The molecule has 150 valence electrons. The van der Waals surface area contributed by atoms with Gasteiger partial charge in [0.25, 0.3) is 11.8 Å². The zero-order valence-corrected chi connectivity index (χ0v) is 17.4. The number of carbonyl (C=O) groups is 2. The molecule has 2 amide bonds. The highest BCUT2D eigenvalue weighted by Gasteiger charge is 2.13. The number of amides is 2. The number of nitrogens with one attached hydrogen (secondary N) is 1. The van der Waals surface area contributed by atoms with E-state index in [4.69, 9.17) is 0 Å². The standard InChI is InChI=1S/C23H31N3O2/c1-5-25(6-2)17-18-9-11-19(12-10-18)22(27)24-21-15-13-20(14-16-21)23(28)26(7-3)8-4/h9-16H,5-8,17H2,1-4H3,(H,24,27). The third-order valence-corrected chi connectivity index (χ3v) is 4.96. The highest BCUT2D eigenvalue weighted by Crippen LogP contribution is 2.14. The molecule has 0 aliphatic heterocycles. The Morgan fingerprint density at radius 1 is 0.750 bits per heavy atom. The molecule has 2 aromatic carbocycles. The summed E-state index contributed by atoms with van der Waals surface area (Å²) in [5, 5.41) is 2.89. The van der Waals surface area contributed by atoms with E-state index in [9.17, 15) is 9.59 Å². The minimum atomic E-state index is -0.155. The van der Waals surface area contributed by atoms with Crippen molar-refractivity contribution in [3.8, 4) is 0 Å². The Hall–Kier alpha value is -2.66. The molecule has 0 radical (unpaired) electrons. The summed E-state index contributed by atoms with van der Waals surface area (Å²) in [5.41, 5.74) is 3.11. The summed E-state index contributed by atoms with van der Waals surface area (Å²) in [6.45, 7) is 12.5. The lowest BCUT2D eigenvalue weighted by Gasteiger charge is -2.18. The van der Waals surface area contributed by atoms with Gasteiger partial charge in [0.2, 0.25) is 0 Å². The van der Waals surface area contributed by atoms with Crippen molar-refractivity contribution in [2.24, 2.45) is 0 Å². The van der Waals surface area contributed by atoms with E-state index in [1.165, 1.54) is 5.56 Å². The summed E-state index contributed by atoms with van der Waals surface area (Å²) in [6, 6.07) is 14.7. The summed E-state index contributed by atoms with van der Waals surface area (Å²) in [4.78, 5) is 28.9. The van der Waals surface area contributed by atoms with Crippen LogP contribution in [-0.4, -0.2) is 47.8 Å². The lowest BCUT2D eigenvalue weighted by molar-refractivity contribution is 0.0773. The maximum atomic E-state index is 12.5. The van der Waals surface area contributed by atoms with Crippen LogP contribution < -0.4 is 5.32 Å².